The van der Waals surface area contributed by atoms with Crippen LogP contribution in [0.2, 0.25) is 0 Å². The minimum Gasteiger partial charge on any atom is -0.473 e. The summed E-state index contributed by atoms with van der Waals surface area (Å²) in [7, 11) is 0. The highest BCUT2D eigenvalue weighted by atomic mass is 16.5. The number of hydrogen-bond acceptors (Lipinski definition) is 2. The fourth-order valence-corrected chi connectivity index (χ4v) is 2.89. The van der Waals surface area contributed by atoms with Crippen molar-refractivity contribution >= 4 is 0 Å². The Kier molecular flexibility index (Phi) is 4.32. The van der Waals surface area contributed by atoms with Crippen LogP contribution in [0.1, 0.15) is 49.1 Å². The second-order valence-corrected chi connectivity index (χ2v) is 5.54. The van der Waals surface area contributed by atoms with Gasteiger partial charge >= 0.3 is 0 Å². The van der Waals surface area contributed by atoms with E-state index in [9.17, 15) is 0 Å². The Morgan fingerprint density at radius 2 is 1.75 bits per heavy atom. The van der Waals surface area contributed by atoms with E-state index < -0.39 is 0 Å². The SMILES string of the molecule is c1ccc(COc2ccc(C3CCCCC3)cn2)cc1. The van der Waals surface area contributed by atoms with Crippen LogP contribution in [0.5, 0.6) is 5.88 Å². The van der Waals surface area contributed by atoms with Gasteiger partial charge in [-0.05, 0) is 29.9 Å². The van der Waals surface area contributed by atoms with Crippen LogP contribution in [0, 0.1) is 0 Å². The summed E-state index contributed by atoms with van der Waals surface area (Å²) in [6.07, 6.45) is 8.73. The number of benzene rings is 1. The van der Waals surface area contributed by atoms with Gasteiger partial charge in [-0.25, -0.2) is 4.98 Å². The van der Waals surface area contributed by atoms with Gasteiger partial charge in [0.15, 0.2) is 0 Å². The number of rotatable bonds is 4. The van der Waals surface area contributed by atoms with Crippen LogP contribution in [0.25, 0.3) is 0 Å². The second kappa shape index (κ2) is 6.56. The van der Waals surface area contributed by atoms with Gasteiger partial charge < -0.3 is 4.74 Å². The molecule has 0 N–H and O–H groups in total. The van der Waals surface area contributed by atoms with E-state index in [2.05, 4.69) is 23.2 Å². The van der Waals surface area contributed by atoms with Gasteiger partial charge in [0.2, 0.25) is 5.88 Å². The van der Waals surface area contributed by atoms with E-state index >= 15 is 0 Å². The fourth-order valence-electron chi connectivity index (χ4n) is 2.89. The largest absolute Gasteiger partial charge is 0.473 e. The maximum absolute atomic E-state index is 5.72. The van der Waals surface area contributed by atoms with Crippen molar-refractivity contribution in [2.24, 2.45) is 0 Å². The molecule has 1 aromatic heterocycles. The minimum atomic E-state index is 0.580. The maximum atomic E-state index is 5.72. The highest BCUT2D eigenvalue weighted by molar-refractivity contribution is 5.22. The van der Waals surface area contributed by atoms with Crippen LogP contribution < -0.4 is 4.74 Å². The Labute approximate surface area is 120 Å². The predicted octanol–water partition coefficient (Wildman–Crippen LogP) is 4.71. The molecule has 2 heteroatoms. The Morgan fingerprint density at radius 1 is 0.950 bits per heavy atom. The van der Waals surface area contributed by atoms with Crippen molar-refractivity contribution in [3.63, 3.8) is 0 Å². The predicted molar refractivity (Wildman–Crippen MR) is 80.8 cm³/mol. The topological polar surface area (TPSA) is 22.1 Å². The fraction of sp³-hybridized carbons (Fsp3) is 0.389. The van der Waals surface area contributed by atoms with Gasteiger partial charge in [-0.3, -0.25) is 0 Å². The van der Waals surface area contributed by atoms with Gasteiger partial charge in [0.05, 0.1) is 0 Å². The van der Waals surface area contributed by atoms with E-state index in [0.717, 1.165) is 0 Å². The number of ether oxygens (including phenoxy) is 1. The molecule has 1 aliphatic carbocycles. The molecular weight excluding hydrogens is 246 g/mol. The molecule has 0 saturated heterocycles. The Balaban J connectivity index is 1.58. The summed E-state index contributed by atoms with van der Waals surface area (Å²) in [5.41, 5.74) is 2.54. The molecule has 0 spiro atoms. The lowest BCUT2D eigenvalue weighted by molar-refractivity contribution is 0.293. The summed E-state index contributed by atoms with van der Waals surface area (Å²) in [6.45, 7) is 0.580. The van der Waals surface area contributed by atoms with Crippen LogP contribution in [-0.2, 0) is 6.61 Å². The molecule has 0 aliphatic heterocycles. The molecule has 0 atom stereocenters. The highest BCUT2D eigenvalue weighted by Gasteiger charge is 2.15. The molecule has 0 bridgehead atoms. The monoisotopic (exact) mass is 267 g/mol. The molecule has 104 valence electrons. The van der Waals surface area contributed by atoms with E-state index in [1.54, 1.807) is 0 Å². The minimum absolute atomic E-state index is 0.580. The molecule has 1 aromatic carbocycles. The Bertz CT molecular complexity index is 515. The molecule has 2 aromatic rings. The molecule has 20 heavy (non-hydrogen) atoms. The van der Waals surface area contributed by atoms with Gasteiger partial charge in [-0.1, -0.05) is 55.7 Å². The summed E-state index contributed by atoms with van der Waals surface area (Å²) in [5, 5.41) is 0. The lowest BCUT2D eigenvalue weighted by Crippen LogP contribution is -2.05. The van der Waals surface area contributed by atoms with E-state index in [-0.39, 0.29) is 0 Å². The van der Waals surface area contributed by atoms with E-state index in [1.807, 2.05) is 30.5 Å². The summed E-state index contributed by atoms with van der Waals surface area (Å²) in [5.74, 6) is 1.42. The Hall–Kier alpha value is -1.83. The first-order chi connectivity index (χ1) is 9.92. The molecule has 3 rings (SSSR count). The van der Waals surface area contributed by atoms with Gasteiger partial charge in [-0.15, -0.1) is 0 Å². The quantitative estimate of drug-likeness (QED) is 0.800. The third-order valence-electron chi connectivity index (χ3n) is 4.07. The molecule has 0 amide bonds. The summed E-state index contributed by atoms with van der Waals surface area (Å²) in [6, 6.07) is 14.4. The van der Waals surface area contributed by atoms with Gasteiger partial charge in [-0.2, -0.15) is 0 Å². The van der Waals surface area contributed by atoms with E-state index in [0.29, 0.717) is 18.4 Å². The van der Waals surface area contributed by atoms with E-state index in [1.165, 1.54) is 43.2 Å². The average Bonchev–Trinajstić information content (AvgIpc) is 2.55. The third-order valence-corrected chi connectivity index (χ3v) is 4.07. The molecule has 1 saturated carbocycles. The van der Waals surface area contributed by atoms with Crippen molar-refractivity contribution in [3.05, 3.63) is 59.8 Å². The van der Waals surface area contributed by atoms with E-state index in [4.69, 9.17) is 4.74 Å². The molecule has 1 heterocycles. The van der Waals surface area contributed by atoms with Crippen LogP contribution in [0.3, 0.4) is 0 Å². The summed E-state index contributed by atoms with van der Waals surface area (Å²) < 4.78 is 5.72. The zero-order chi connectivity index (χ0) is 13.6. The molecule has 1 aliphatic rings. The molecule has 2 nitrogen and oxygen atoms in total. The normalized spacial score (nSPS) is 16.0. The summed E-state index contributed by atoms with van der Waals surface area (Å²) >= 11 is 0. The van der Waals surface area contributed by atoms with Crippen molar-refractivity contribution in [2.75, 3.05) is 0 Å². The van der Waals surface area contributed by atoms with Crippen LogP contribution >= 0.6 is 0 Å². The number of nitrogens with zero attached hydrogens (tertiary/aromatic N) is 1. The zero-order valence-corrected chi connectivity index (χ0v) is 11.8. The molecule has 1 fully saturated rings. The lowest BCUT2D eigenvalue weighted by atomic mass is 9.85. The van der Waals surface area contributed by atoms with Crippen molar-refractivity contribution < 1.29 is 4.74 Å². The molecular formula is C18H21NO. The van der Waals surface area contributed by atoms with Crippen LogP contribution in [0.15, 0.2) is 48.7 Å². The average molecular weight is 267 g/mol. The first-order valence-corrected chi connectivity index (χ1v) is 7.54. The number of hydrogen-bond donors (Lipinski definition) is 0. The summed E-state index contributed by atoms with van der Waals surface area (Å²) in [4.78, 5) is 4.45. The number of aromatic nitrogens is 1. The first-order valence-electron chi connectivity index (χ1n) is 7.54. The van der Waals surface area contributed by atoms with Crippen molar-refractivity contribution in [2.45, 2.75) is 44.6 Å². The van der Waals surface area contributed by atoms with Crippen LogP contribution in [-0.4, -0.2) is 4.98 Å². The van der Waals surface area contributed by atoms with Crippen molar-refractivity contribution in [3.8, 4) is 5.88 Å². The van der Waals surface area contributed by atoms with Gasteiger partial charge in [0.1, 0.15) is 6.61 Å². The second-order valence-electron chi connectivity index (χ2n) is 5.54. The zero-order valence-electron chi connectivity index (χ0n) is 11.8. The highest BCUT2D eigenvalue weighted by Crippen LogP contribution is 2.32. The standard InChI is InChI=1S/C18H21NO/c1-3-7-15(8-4-1)14-20-18-12-11-17(13-19-18)16-9-5-2-6-10-16/h1,3-4,7-8,11-13,16H,2,5-6,9-10,14H2. The third kappa shape index (κ3) is 3.38. The van der Waals surface area contributed by atoms with Gasteiger partial charge in [0, 0.05) is 12.3 Å². The Morgan fingerprint density at radius 3 is 2.45 bits per heavy atom. The smallest absolute Gasteiger partial charge is 0.213 e. The first kappa shape index (κ1) is 13.2. The maximum Gasteiger partial charge on any atom is 0.213 e. The van der Waals surface area contributed by atoms with Gasteiger partial charge in [0.25, 0.3) is 0 Å². The van der Waals surface area contributed by atoms with Crippen LogP contribution in [0.4, 0.5) is 0 Å². The number of pyridine rings is 1. The van der Waals surface area contributed by atoms with Crippen molar-refractivity contribution in [1.29, 1.82) is 0 Å². The molecule has 0 unspecified atom stereocenters. The van der Waals surface area contributed by atoms with Crippen molar-refractivity contribution in [1.82, 2.24) is 4.98 Å². The molecule has 0 radical (unpaired) electrons. The lowest BCUT2D eigenvalue weighted by Gasteiger charge is -2.21.